The summed E-state index contributed by atoms with van der Waals surface area (Å²) < 4.78 is 11.8. The minimum atomic E-state index is -0.387. The van der Waals surface area contributed by atoms with Crippen LogP contribution in [-0.2, 0) is 4.74 Å². The lowest BCUT2D eigenvalue weighted by atomic mass is 10.4. The second-order valence-electron chi connectivity index (χ2n) is 3.01. The van der Waals surface area contributed by atoms with Crippen molar-refractivity contribution in [2.24, 2.45) is 0 Å². The third-order valence-electron chi connectivity index (χ3n) is 1.49. The summed E-state index contributed by atoms with van der Waals surface area (Å²) in [5.41, 5.74) is 0. The third kappa shape index (κ3) is 2.95. The van der Waals surface area contributed by atoms with Crippen LogP contribution in [0.15, 0.2) is 8.26 Å². The molecule has 0 N–H and O–H groups in total. The van der Waals surface area contributed by atoms with E-state index in [-0.39, 0.29) is 12.1 Å². The van der Waals surface area contributed by atoms with Crippen molar-refractivity contribution in [2.45, 2.75) is 20.0 Å². The van der Waals surface area contributed by atoms with Gasteiger partial charge < -0.3 is 9.47 Å². The van der Waals surface area contributed by atoms with Gasteiger partial charge in [0, 0.05) is 0 Å². The zero-order valence-corrected chi connectivity index (χ0v) is 12.5. The first-order valence-corrected chi connectivity index (χ1v) is 6.60. The molecule has 1 aromatic heterocycles. The van der Waals surface area contributed by atoms with E-state index in [2.05, 4.69) is 36.6 Å². The van der Waals surface area contributed by atoms with Gasteiger partial charge in [-0.05, 0) is 45.7 Å². The average Bonchev–Trinajstić information content (AvgIpc) is 2.44. The number of ether oxygens (including phenoxy) is 2. The van der Waals surface area contributed by atoms with E-state index in [0.29, 0.717) is 10.6 Å². The van der Waals surface area contributed by atoms with Crippen LogP contribution in [0.3, 0.4) is 0 Å². The molecule has 0 spiro atoms. The van der Waals surface area contributed by atoms with Gasteiger partial charge in [0.05, 0.1) is 21.5 Å². The van der Waals surface area contributed by atoms with Crippen LogP contribution in [-0.4, -0.2) is 19.2 Å². The molecule has 1 aromatic rings. The molecule has 0 atom stereocenters. The molecule has 0 aliphatic heterocycles. The summed E-state index contributed by atoms with van der Waals surface area (Å²) >= 11 is 7.98. The fourth-order valence-electron chi connectivity index (χ4n) is 0.938. The second kappa shape index (κ2) is 5.32. The average molecular weight is 358 g/mol. The first-order valence-electron chi connectivity index (χ1n) is 4.20. The Kier molecular flexibility index (Phi) is 4.61. The predicted molar refractivity (Wildman–Crippen MR) is 66.8 cm³/mol. The van der Waals surface area contributed by atoms with Gasteiger partial charge in [-0.25, -0.2) is 4.79 Å². The summed E-state index contributed by atoms with van der Waals surface area (Å²) in [6.07, 6.45) is 0.00575. The minimum Gasteiger partial charge on any atom is -0.488 e. The molecule has 0 amide bonds. The third-order valence-corrected chi connectivity index (χ3v) is 4.87. The molecule has 3 nitrogen and oxygen atoms in total. The maximum absolute atomic E-state index is 11.4. The van der Waals surface area contributed by atoms with Gasteiger partial charge in [0.2, 0.25) is 0 Å². The number of halogens is 2. The lowest BCUT2D eigenvalue weighted by Gasteiger charge is -2.10. The molecule has 0 bridgehead atoms. The van der Waals surface area contributed by atoms with Gasteiger partial charge in [0.1, 0.15) is 0 Å². The quantitative estimate of drug-likeness (QED) is 0.771. The summed E-state index contributed by atoms with van der Waals surface area (Å²) in [7, 11) is 1.35. The molecular formula is C9H10Br2O3S. The summed E-state index contributed by atoms with van der Waals surface area (Å²) in [5, 5.41) is 0. The van der Waals surface area contributed by atoms with Crippen molar-refractivity contribution >= 4 is 49.2 Å². The Bertz CT molecular complexity index is 374. The fraction of sp³-hybridized carbons (Fsp3) is 0.444. The zero-order valence-electron chi connectivity index (χ0n) is 8.47. The van der Waals surface area contributed by atoms with Crippen LogP contribution >= 0.6 is 43.2 Å². The van der Waals surface area contributed by atoms with E-state index in [0.717, 1.165) is 8.26 Å². The molecule has 0 saturated carbocycles. The molecule has 0 fully saturated rings. The van der Waals surface area contributed by atoms with E-state index >= 15 is 0 Å². The smallest absolute Gasteiger partial charge is 0.351 e. The molecule has 84 valence electrons. The van der Waals surface area contributed by atoms with Crippen LogP contribution in [0.4, 0.5) is 0 Å². The molecule has 0 aliphatic rings. The van der Waals surface area contributed by atoms with E-state index < -0.39 is 0 Å². The first-order chi connectivity index (χ1) is 6.97. The Hall–Kier alpha value is -0.0700. The van der Waals surface area contributed by atoms with Crippen LogP contribution < -0.4 is 4.74 Å². The van der Waals surface area contributed by atoms with Gasteiger partial charge in [0.25, 0.3) is 0 Å². The van der Waals surface area contributed by atoms with Crippen LogP contribution in [0.2, 0.25) is 0 Å². The SMILES string of the molecule is COC(=O)c1sc(Br)c(Br)c1OC(C)C. The topological polar surface area (TPSA) is 35.5 Å². The van der Waals surface area contributed by atoms with Crippen molar-refractivity contribution in [1.82, 2.24) is 0 Å². The largest absolute Gasteiger partial charge is 0.488 e. The summed E-state index contributed by atoms with van der Waals surface area (Å²) in [4.78, 5) is 11.9. The highest BCUT2D eigenvalue weighted by molar-refractivity contribution is 9.13. The normalized spacial score (nSPS) is 10.5. The number of esters is 1. The molecule has 1 heterocycles. The summed E-state index contributed by atoms with van der Waals surface area (Å²) in [6.45, 7) is 3.80. The van der Waals surface area contributed by atoms with Crippen molar-refractivity contribution in [2.75, 3.05) is 7.11 Å². The standard InChI is InChI=1S/C9H10Br2O3S/c1-4(2)14-6-5(10)8(11)15-7(6)9(12)13-3/h4H,1-3H3. The van der Waals surface area contributed by atoms with E-state index in [4.69, 9.17) is 4.74 Å². The highest BCUT2D eigenvalue weighted by Crippen LogP contribution is 2.43. The Morgan fingerprint density at radius 2 is 2.00 bits per heavy atom. The van der Waals surface area contributed by atoms with Crippen molar-refractivity contribution in [3.63, 3.8) is 0 Å². The van der Waals surface area contributed by atoms with Gasteiger partial charge in [0.15, 0.2) is 10.6 Å². The van der Waals surface area contributed by atoms with E-state index in [9.17, 15) is 4.79 Å². The highest BCUT2D eigenvalue weighted by Gasteiger charge is 2.23. The number of rotatable bonds is 3. The maximum Gasteiger partial charge on any atom is 0.351 e. The molecule has 0 radical (unpaired) electrons. The van der Waals surface area contributed by atoms with Gasteiger partial charge in [-0.2, -0.15) is 0 Å². The van der Waals surface area contributed by atoms with Gasteiger partial charge in [-0.3, -0.25) is 0 Å². The van der Waals surface area contributed by atoms with Crippen molar-refractivity contribution < 1.29 is 14.3 Å². The summed E-state index contributed by atoms with van der Waals surface area (Å²) in [5.74, 6) is 0.149. The molecule has 0 aromatic carbocycles. The number of hydrogen-bond acceptors (Lipinski definition) is 4. The summed E-state index contributed by atoms with van der Waals surface area (Å²) in [6, 6.07) is 0. The molecule has 15 heavy (non-hydrogen) atoms. The van der Waals surface area contributed by atoms with Crippen LogP contribution in [0.25, 0.3) is 0 Å². The zero-order chi connectivity index (χ0) is 11.6. The Balaban J connectivity index is 3.14. The predicted octanol–water partition coefficient (Wildman–Crippen LogP) is 3.85. The van der Waals surface area contributed by atoms with Gasteiger partial charge >= 0.3 is 5.97 Å². The number of methoxy groups -OCH3 is 1. The number of carbonyl (C=O) groups is 1. The van der Waals surface area contributed by atoms with Gasteiger partial charge in [-0.1, -0.05) is 0 Å². The van der Waals surface area contributed by atoms with E-state index in [1.165, 1.54) is 18.4 Å². The number of carbonyl (C=O) groups excluding carboxylic acids is 1. The lowest BCUT2D eigenvalue weighted by molar-refractivity contribution is 0.0600. The van der Waals surface area contributed by atoms with Crippen molar-refractivity contribution in [3.8, 4) is 5.75 Å². The maximum atomic E-state index is 11.4. The molecular weight excluding hydrogens is 348 g/mol. The van der Waals surface area contributed by atoms with Gasteiger partial charge in [-0.15, -0.1) is 11.3 Å². The second-order valence-corrected chi connectivity index (χ2v) is 6.14. The molecule has 0 unspecified atom stereocenters. The molecule has 0 aliphatic carbocycles. The lowest BCUT2D eigenvalue weighted by Crippen LogP contribution is -2.09. The molecule has 0 saturated heterocycles. The van der Waals surface area contributed by atoms with Crippen LogP contribution in [0, 0.1) is 0 Å². The molecule has 6 heteroatoms. The molecule has 1 rings (SSSR count). The van der Waals surface area contributed by atoms with E-state index in [1.54, 1.807) is 0 Å². The van der Waals surface area contributed by atoms with Crippen molar-refractivity contribution in [3.05, 3.63) is 13.1 Å². The van der Waals surface area contributed by atoms with Crippen LogP contribution in [0.5, 0.6) is 5.75 Å². The first kappa shape index (κ1) is 13.0. The Morgan fingerprint density at radius 1 is 1.40 bits per heavy atom. The number of thiophene rings is 1. The minimum absolute atomic E-state index is 0.00575. The van der Waals surface area contributed by atoms with E-state index in [1.807, 2.05) is 13.8 Å². The van der Waals surface area contributed by atoms with Crippen LogP contribution in [0.1, 0.15) is 23.5 Å². The highest BCUT2D eigenvalue weighted by atomic mass is 79.9. The monoisotopic (exact) mass is 356 g/mol. The number of hydrogen-bond donors (Lipinski definition) is 0. The Morgan fingerprint density at radius 3 is 2.47 bits per heavy atom. The fourth-order valence-corrected chi connectivity index (χ4v) is 3.04. The van der Waals surface area contributed by atoms with Crippen molar-refractivity contribution in [1.29, 1.82) is 0 Å². The Labute approximate surface area is 109 Å².